The minimum absolute atomic E-state index is 0.427. The lowest BCUT2D eigenvalue weighted by Gasteiger charge is -2.42. The van der Waals surface area contributed by atoms with E-state index in [1.807, 2.05) is 11.9 Å². The molecular formula is C14H27NO2. The van der Waals surface area contributed by atoms with Crippen LogP contribution in [-0.4, -0.2) is 34.6 Å². The number of carboxylic acids is 1. The Bertz CT molecular complexity index is 265. The van der Waals surface area contributed by atoms with E-state index in [4.69, 9.17) is 0 Å². The van der Waals surface area contributed by atoms with Crippen LogP contribution in [0.2, 0.25) is 0 Å². The van der Waals surface area contributed by atoms with Crippen molar-refractivity contribution >= 4 is 5.97 Å². The highest BCUT2D eigenvalue weighted by atomic mass is 16.4. The van der Waals surface area contributed by atoms with Crippen molar-refractivity contribution in [2.45, 2.75) is 65.0 Å². The molecule has 0 aromatic heterocycles. The lowest BCUT2D eigenvalue weighted by atomic mass is 9.78. The second-order valence-electron chi connectivity index (χ2n) is 6.29. The molecule has 0 unspecified atom stereocenters. The predicted octanol–water partition coefficient (Wildman–Crippen LogP) is 3.00. The summed E-state index contributed by atoms with van der Waals surface area (Å²) in [6, 6.07) is 0.427. The van der Waals surface area contributed by atoms with Gasteiger partial charge in [-0.25, -0.2) is 0 Å². The van der Waals surface area contributed by atoms with Gasteiger partial charge in [-0.05, 0) is 58.4 Å². The van der Waals surface area contributed by atoms with Gasteiger partial charge in [-0.3, -0.25) is 9.69 Å². The first-order chi connectivity index (χ1) is 7.76. The molecule has 3 nitrogen and oxygen atoms in total. The van der Waals surface area contributed by atoms with Crippen molar-refractivity contribution in [3.63, 3.8) is 0 Å². The van der Waals surface area contributed by atoms with E-state index in [1.165, 1.54) is 12.8 Å². The van der Waals surface area contributed by atoms with Crippen LogP contribution < -0.4 is 0 Å². The van der Waals surface area contributed by atoms with E-state index in [0.717, 1.165) is 24.7 Å². The van der Waals surface area contributed by atoms with E-state index in [-0.39, 0.29) is 0 Å². The quantitative estimate of drug-likeness (QED) is 0.822. The van der Waals surface area contributed by atoms with Crippen LogP contribution in [0, 0.1) is 11.8 Å². The number of carbonyl (C=O) groups is 1. The fourth-order valence-corrected chi connectivity index (χ4v) is 2.76. The zero-order valence-corrected chi connectivity index (χ0v) is 11.9. The summed E-state index contributed by atoms with van der Waals surface area (Å²) in [7, 11) is 1.95. The fraction of sp³-hybridized carbons (Fsp3) is 0.929. The zero-order valence-electron chi connectivity index (χ0n) is 11.9. The van der Waals surface area contributed by atoms with Crippen molar-refractivity contribution in [2.75, 3.05) is 7.05 Å². The van der Waals surface area contributed by atoms with E-state index in [9.17, 15) is 9.90 Å². The molecule has 0 bridgehead atoms. The summed E-state index contributed by atoms with van der Waals surface area (Å²) in [6.07, 6.45) is 4.75. The van der Waals surface area contributed by atoms with Gasteiger partial charge in [0, 0.05) is 6.04 Å². The summed E-state index contributed by atoms with van der Waals surface area (Å²) in [4.78, 5) is 13.3. The minimum Gasteiger partial charge on any atom is -0.480 e. The maximum atomic E-state index is 11.2. The Morgan fingerprint density at radius 1 is 1.24 bits per heavy atom. The van der Waals surface area contributed by atoms with Crippen LogP contribution in [0.15, 0.2) is 0 Å². The van der Waals surface area contributed by atoms with Crippen LogP contribution in [0.5, 0.6) is 0 Å². The van der Waals surface area contributed by atoms with E-state index in [2.05, 4.69) is 13.8 Å². The van der Waals surface area contributed by atoms with Crippen molar-refractivity contribution < 1.29 is 9.90 Å². The average Bonchev–Trinajstić information content (AvgIpc) is 2.27. The second-order valence-corrected chi connectivity index (χ2v) is 6.29. The van der Waals surface area contributed by atoms with Gasteiger partial charge in [0.2, 0.25) is 0 Å². The molecule has 0 heterocycles. The Hall–Kier alpha value is -0.570. The van der Waals surface area contributed by atoms with Crippen molar-refractivity contribution in [1.29, 1.82) is 0 Å². The third-order valence-electron chi connectivity index (χ3n) is 4.64. The lowest BCUT2D eigenvalue weighted by molar-refractivity contribution is -0.150. The largest absolute Gasteiger partial charge is 0.480 e. The maximum absolute atomic E-state index is 11.2. The molecule has 1 rings (SSSR count). The van der Waals surface area contributed by atoms with Gasteiger partial charge in [0.05, 0.1) is 0 Å². The van der Waals surface area contributed by atoms with Gasteiger partial charge in [-0.2, -0.15) is 0 Å². The molecule has 1 fully saturated rings. The molecule has 0 aromatic carbocycles. The van der Waals surface area contributed by atoms with Crippen LogP contribution in [0.1, 0.15) is 53.4 Å². The predicted molar refractivity (Wildman–Crippen MR) is 70.1 cm³/mol. The normalized spacial score (nSPS) is 26.5. The van der Waals surface area contributed by atoms with Gasteiger partial charge in [0.25, 0.3) is 0 Å². The fourth-order valence-electron chi connectivity index (χ4n) is 2.76. The molecule has 0 aliphatic heterocycles. The molecule has 0 radical (unpaired) electrons. The summed E-state index contributed by atoms with van der Waals surface area (Å²) in [6.45, 7) is 8.17. The van der Waals surface area contributed by atoms with E-state index in [0.29, 0.717) is 6.04 Å². The molecule has 0 saturated heterocycles. The Balaban J connectivity index is 2.57. The van der Waals surface area contributed by atoms with Gasteiger partial charge in [0.1, 0.15) is 5.54 Å². The van der Waals surface area contributed by atoms with Crippen molar-refractivity contribution in [3.8, 4) is 0 Å². The minimum atomic E-state index is -0.755. The number of carboxylic acid groups (broad SMARTS) is 1. The van der Waals surface area contributed by atoms with Crippen molar-refractivity contribution in [2.24, 2.45) is 11.8 Å². The number of aliphatic carboxylic acids is 1. The third kappa shape index (κ3) is 3.21. The molecule has 0 amide bonds. The highest BCUT2D eigenvalue weighted by Gasteiger charge is 2.37. The van der Waals surface area contributed by atoms with Crippen LogP contribution >= 0.6 is 0 Å². The van der Waals surface area contributed by atoms with Gasteiger partial charge >= 0.3 is 5.97 Å². The molecule has 1 N–H and O–H groups in total. The Morgan fingerprint density at radius 3 is 2.06 bits per heavy atom. The topological polar surface area (TPSA) is 40.5 Å². The number of likely N-dealkylation sites (N-methyl/N-ethyl adjacent to an activating group) is 1. The Kier molecular flexibility index (Phi) is 4.59. The molecule has 100 valence electrons. The maximum Gasteiger partial charge on any atom is 0.323 e. The van der Waals surface area contributed by atoms with Crippen molar-refractivity contribution in [1.82, 2.24) is 4.90 Å². The van der Waals surface area contributed by atoms with E-state index < -0.39 is 11.5 Å². The zero-order chi connectivity index (χ0) is 13.2. The summed E-state index contributed by atoms with van der Waals surface area (Å²) in [5, 5.41) is 9.24. The third-order valence-corrected chi connectivity index (χ3v) is 4.64. The molecule has 1 aliphatic carbocycles. The highest BCUT2D eigenvalue weighted by Crippen LogP contribution is 2.33. The standard InChI is InChI=1S/C14H27NO2/c1-10(2)11-6-8-12(9-7-11)15(5)14(3,4)13(16)17/h10-12H,6-9H2,1-5H3,(H,16,17). The Labute approximate surface area is 105 Å². The Morgan fingerprint density at radius 2 is 1.71 bits per heavy atom. The number of rotatable bonds is 4. The number of nitrogens with zero attached hydrogens (tertiary/aromatic N) is 1. The molecule has 1 saturated carbocycles. The molecule has 0 aromatic rings. The smallest absolute Gasteiger partial charge is 0.323 e. The second kappa shape index (κ2) is 5.38. The number of hydrogen-bond donors (Lipinski definition) is 1. The van der Waals surface area contributed by atoms with E-state index in [1.54, 1.807) is 13.8 Å². The van der Waals surface area contributed by atoms with Crippen LogP contribution in [0.3, 0.4) is 0 Å². The van der Waals surface area contributed by atoms with Gasteiger partial charge < -0.3 is 5.11 Å². The van der Waals surface area contributed by atoms with Gasteiger partial charge in [0.15, 0.2) is 0 Å². The monoisotopic (exact) mass is 241 g/mol. The van der Waals surface area contributed by atoms with E-state index >= 15 is 0 Å². The van der Waals surface area contributed by atoms with Crippen LogP contribution in [0.25, 0.3) is 0 Å². The molecule has 0 atom stereocenters. The average molecular weight is 241 g/mol. The molecular weight excluding hydrogens is 214 g/mol. The molecule has 1 aliphatic rings. The first-order valence-electron chi connectivity index (χ1n) is 6.73. The lowest BCUT2D eigenvalue weighted by Crippen LogP contribution is -2.53. The summed E-state index contributed by atoms with van der Waals surface area (Å²) in [5.41, 5.74) is -0.755. The number of hydrogen-bond acceptors (Lipinski definition) is 2. The highest BCUT2D eigenvalue weighted by molar-refractivity contribution is 5.77. The summed E-state index contributed by atoms with van der Waals surface area (Å²) >= 11 is 0. The van der Waals surface area contributed by atoms with Gasteiger partial charge in [-0.15, -0.1) is 0 Å². The SMILES string of the molecule is CC(C)C1CCC(N(C)C(C)(C)C(=O)O)CC1. The van der Waals surface area contributed by atoms with Gasteiger partial charge in [-0.1, -0.05) is 13.8 Å². The van der Waals surface area contributed by atoms with Crippen LogP contribution in [-0.2, 0) is 4.79 Å². The molecule has 17 heavy (non-hydrogen) atoms. The summed E-state index contributed by atoms with van der Waals surface area (Å²) < 4.78 is 0. The first kappa shape index (κ1) is 14.5. The first-order valence-corrected chi connectivity index (χ1v) is 6.73. The molecule has 3 heteroatoms. The van der Waals surface area contributed by atoms with Crippen LogP contribution in [0.4, 0.5) is 0 Å². The van der Waals surface area contributed by atoms with Crippen molar-refractivity contribution in [3.05, 3.63) is 0 Å². The molecule has 0 spiro atoms. The summed E-state index contributed by atoms with van der Waals surface area (Å²) in [5.74, 6) is 0.854.